The number of nitrogens with zero attached hydrogens (tertiary/aromatic N) is 1. The van der Waals surface area contributed by atoms with Gasteiger partial charge in [-0.1, -0.05) is 6.07 Å². The lowest BCUT2D eigenvalue weighted by atomic mass is 10.2. The Bertz CT molecular complexity index is 555. The Morgan fingerprint density at radius 1 is 1.36 bits per heavy atom. The topological polar surface area (TPSA) is 70.6 Å². The molecule has 22 heavy (non-hydrogen) atoms. The van der Waals surface area contributed by atoms with Gasteiger partial charge in [-0.2, -0.15) is 0 Å². The number of aliphatic imine (C=N–C) groups is 1. The van der Waals surface area contributed by atoms with E-state index in [1.807, 2.05) is 13.0 Å². The molecule has 0 unspecified atom stereocenters. The molecular formula is C14H26IN3O2S2. The van der Waals surface area contributed by atoms with E-state index in [9.17, 15) is 8.42 Å². The Labute approximate surface area is 154 Å². The number of nitrogens with one attached hydrogen (secondary N) is 2. The Balaban J connectivity index is 0.00000441. The van der Waals surface area contributed by atoms with E-state index in [0.29, 0.717) is 5.96 Å². The molecule has 0 aliphatic heterocycles. The molecule has 1 aromatic rings. The molecule has 0 aliphatic rings. The SMILES string of the molecule is CCNC(=NCC(C)(C)S(C)(=O)=O)NCCc1cccs1.I. The van der Waals surface area contributed by atoms with E-state index < -0.39 is 14.6 Å². The largest absolute Gasteiger partial charge is 0.357 e. The van der Waals surface area contributed by atoms with Crippen LogP contribution in [0.5, 0.6) is 0 Å². The summed E-state index contributed by atoms with van der Waals surface area (Å²) in [5.41, 5.74) is 0. The van der Waals surface area contributed by atoms with Crippen molar-refractivity contribution in [2.75, 3.05) is 25.9 Å². The molecule has 0 amide bonds. The Hall–Kier alpha value is -0.350. The van der Waals surface area contributed by atoms with E-state index >= 15 is 0 Å². The van der Waals surface area contributed by atoms with Gasteiger partial charge in [0.1, 0.15) is 0 Å². The van der Waals surface area contributed by atoms with Crippen molar-refractivity contribution in [1.82, 2.24) is 10.6 Å². The number of halogens is 1. The third kappa shape index (κ3) is 7.28. The Morgan fingerprint density at radius 2 is 2.05 bits per heavy atom. The van der Waals surface area contributed by atoms with E-state index in [1.54, 1.807) is 25.2 Å². The van der Waals surface area contributed by atoms with E-state index in [-0.39, 0.29) is 30.5 Å². The zero-order valence-corrected chi connectivity index (χ0v) is 17.5. The number of guanidine groups is 1. The second-order valence-electron chi connectivity index (χ2n) is 5.48. The van der Waals surface area contributed by atoms with Crippen LogP contribution in [-0.2, 0) is 16.3 Å². The van der Waals surface area contributed by atoms with Gasteiger partial charge in [0, 0.05) is 24.2 Å². The molecule has 0 atom stereocenters. The monoisotopic (exact) mass is 459 g/mol. The number of rotatable bonds is 7. The molecule has 5 nitrogen and oxygen atoms in total. The van der Waals surface area contributed by atoms with Crippen molar-refractivity contribution in [3.05, 3.63) is 22.4 Å². The van der Waals surface area contributed by atoms with Crippen LogP contribution >= 0.6 is 35.3 Å². The molecule has 1 heterocycles. The minimum Gasteiger partial charge on any atom is -0.357 e. The van der Waals surface area contributed by atoms with Crippen molar-refractivity contribution in [2.24, 2.45) is 4.99 Å². The molecule has 0 aromatic carbocycles. The highest BCUT2D eigenvalue weighted by atomic mass is 127. The Kier molecular flexibility index (Phi) is 9.56. The van der Waals surface area contributed by atoms with Crippen molar-refractivity contribution < 1.29 is 8.42 Å². The molecule has 1 aromatic heterocycles. The average molecular weight is 459 g/mol. The van der Waals surface area contributed by atoms with E-state index in [1.165, 1.54) is 11.1 Å². The van der Waals surface area contributed by atoms with Crippen LogP contribution in [0.15, 0.2) is 22.5 Å². The van der Waals surface area contributed by atoms with Crippen LogP contribution in [0.3, 0.4) is 0 Å². The molecule has 0 spiro atoms. The van der Waals surface area contributed by atoms with Crippen LogP contribution in [-0.4, -0.2) is 45.0 Å². The van der Waals surface area contributed by atoms with E-state index in [4.69, 9.17) is 0 Å². The molecule has 2 N–H and O–H groups in total. The first-order chi connectivity index (χ1) is 9.76. The molecule has 0 bridgehead atoms. The summed E-state index contributed by atoms with van der Waals surface area (Å²) in [5, 5.41) is 8.43. The van der Waals surface area contributed by atoms with E-state index in [2.05, 4.69) is 27.1 Å². The zero-order chi connectivity index (χ0) is 15.9. The standard InChI is InChI=1S/C14H25N3O2S2.HI/c1-5-15-13(16-9-8-12-7-6-10-20-12)17-11-14(2,3)21(4,18)19;/h6-7,10H,5,8-9,11H2,1-4H3,(H2,15,16,17);1H. The zero-order valence-electron chi connectivity index (χ0n) is 13.5. The van der Waals surface area contributed by atoms with Gasteiger partial charge >= 0.3 is 0 Å². The molecule has 0 radical (unpaired) electrons. The molecule has 8 heteroatoms. The van der Waals surface area contributed by atoms with Crippen LogP contribution in [0, 0.1) is 0 Å². The number of thiophene rings is 1. The summed E-state index contributed by atoms with van der Waals surface area (Å²) in [7, 11) is -3.13. The first-order valence-electron chi connectivity index (χ1n) is 7.00. The van der Waals surface area contributed by atoms with Gasteiger partial charge in [0.15, 0.2) is 15.8 Å². The second-order valence-corrected chi connectivity index (χ2v) is 9.16. The number of hydrogen-bond donors (Lipinski definition) is 2. The van der Waals surface area contributed by atoms with Crippen molar-refractivity contribution in [1.29, 1.82) is 0 Å². The lowest BCUT2D eigenvalue weighted by Gasteiger charge is -2.21. The normalized spacial score (nSPS) is 12.6. The third-order valence-corrected chi connectivity index (χ3v) is 6.28. The molecule has 0 saturated carbocycles. The smallest absolute Gasteiger partial charge is 0.191 e. The highest BCUT2D eigenvalue weighted by Crippen LogP contribution is 2.15. The minimum atomic E-state index is -3.13. The quantitative estimate of drug-likeness (QED) is 0.373. The van der Waals surface area contributed by atoms with Crippen LogP contribution in [0.1, 0.15) is 25.6 Å². The van der Waals surface area contributed by atoms with Crippen LogP contribution < -0.4 is 10.6 Å². The molecule has 0 saturated heterocycles. The fourth-order valence-corrected chi connectivity index (χ4v) is 2.50. The molecule has 0 fully saturated rings. The van der Waals surface area contributed by atoms with Gasteiger partial charge in [0.2, 0.25) is 0 Å². The molecule has 128 valence electrons. The molecular weight excluding hydrogens is 433 g/mol. The summed E-state index contributed by atoms with van der Waals surface area (Å²) in [6, 6.07) is 4.14. The average Bonchev–Trinajstić information content (AvgIpc) is 2.87. The van der Waals surface area contributed by atoms with Gasteiger partial charge in [0.05, 0.1) is 11.3 Å². The maximum Gasteiger partial charge on any atom is 0.191 e. The first kappa shape index (κ1) is 21.6. The van der Waals surface area contributed by atoms with Gasteiger partial charge in [-0.15, -0.1) is 35.3 Å². The predicted octanol–water partition coefficient (Wildman–Crippen LogP) is 2.29. The van der Waals surface area contributed by atoms with Gasteiger partial charge in [-0.05, 0) is 38.6 Å². The van der Waals surface area contributed by atoms with Crippen molar-refractivity contribution >= 4 is 51.1 Å². The summed E-state index contributed by atoms with van der Waals surface area (Å²) in [4.78, 5) is 5.70. The summed E-state index contributed by atoms with van der Waals surface area (Å²) in [5.74, 6) is 0.658. The molecule has 0 aliphatic carbocycles. The van der Waals surface area contributed by atoms with Crippen LogP contribution in [0.2, 0.25) is 0 Å². The van der Waals surface area contributed by atoms with E-state index in [0.717, 1.165) is 19.5 Å². The maximum atomic E-state index is 11.7. The fraction of sp³-hybridized carbons (Fsp3) is 0.643. The lowest BCUT2D eigenvalue weighted by molar-refractivity contribution is 0.554. The summed E-state index contributed by atoms with van der Waals surface area (Å²) < 4.78 is 22.5. The van der Waals surface area contributed by atoms with Crippen molar-refractivity contribution in [3.8, 4) is 0 Å². The Morgan fingerprint density at radius 3 is 2.55 bits per heavy atom. The van der Waals surface area contributed by atoms with Gasteiger partial charge < -0.3 is 10.6 Å². The van der Waals surface area contributed by atoms with Gasteiger partial charge in [-0.25, -0.2) is 8.42 Å². The number of hydrogen-bond acceptors (Lipinski definition) is 4. The fourth-order valence-electron chi connectivity index (χ4n) is 1.49. The van der Waals surface area contributed by atoms with Crippen molar-refractivity contribution in [3.63, 3.8) is 0 Å². The summed E-state index contributed by atoms with van der Waals surface area (Å²) in [6.45, 7) is 7.12. The van der Waals surface area contributed by atoms with Gasteiger partial charge in [0.25, 0.3) is 0 Å². The highest BCUT2D eigenvalue weighted by molar-refractivity contribution is 14.0. The second kappa shape index (κ2) is 9.71. The highest BCUT2D eigenvalue weighted by Gasteiger charge is 2.29. The minimum absolute atomic E-state index is 0. The van der Waals surface area contributed by atoms with Crippen LogP contribution in [0.25, 0.3) is 0 Å². The third-order valence-electron chi connectivity index (χ3n) is 3.21. The first-order valence-corrected chi connectivity index (χ1v) is 9.77. The molecule has 1 rings (SSSR count). The predicted molar refractivity (Wildman–Crippen MR) is 106 cm³/mol. The number of sulfone groups is 1. The van der Waals surface area contributed by atoms with Gasteiger partial charge in [-0.3, -0.25) is 4.99 Å². The lowest BCUT2D eigenvalue weighted by Crippen LogP contribution is -2.41. The van der Waals surface area contributed by atoms with Crippen molar-refractivity contribution in [2.45, 2.75) is 31.9 Å². The maximum absolute atomic E-state index is 11.7. The van der Waals surface area contributed by atoms with Crippen LogP contribution in [0.4, 0.5) is 0 Å². The summed E-state index contributed by atoms with van der Waals surface area (Å²) >= 11 is 1.73. The summed E-state index contributed by atoms with van der Waals surface area (Å²) in [6.07, 6.45) is 2.18.